The van der Waals surface area contributed by atoms with Crippen molar-refractivity contribution in [1.82, 2.24) is 0 Å². The van der Waals surface area contributed by atoms with Crippen molar-refractivity contribution in [2.45, 2.75) is 44.6 Å². The van der Waals surface area contributed by atoms with Gasteiger partial charge in [-0.1, -0.05) is 19.1 Å². The molecule has 1 aromatic carbocycles. The highest BCUT2D eigenvalue weighted by Gasteiger charge is 2.30. The Morgan fingerprint density at radius 2 is 2.24 bits per heavy atom. The van der Waals surface area contributed by atoms with Crippen LogP contribution in [0.15, 0.2) is 18.2 Å². The predicted octanol–water partition coefficient (Wildman–Crippen LogP) is 2.70. The van der Waals surface area contributed by atoms with Gasteiger partial charge in [-0.05, 0) is 42.9 Å². The minimum Gasteiger partial charge on any atom is -0.396 e. The van der Waals surface area contributed by atoms with Crippen molar-refractivity contribution in [3.8, 4) is 0 Å². The van der Waals surface area contributed by atoms with Crippen LogP contribution >= 0.6 is 0 Å². The molecule has 1 unspecified atom stereocenters. The van der Waals surface area contributed by atoms with E-state index in [1.807, 2.05) is 0 Å². The molecule has 3 rings (SSSR count). The quantitative estimate of drug-likeness (QED) is 0.864. The minimum atomic E-state index is 0.238. The highest BCUT2D eigenvalue weighted by molar-refractivity contribution is 5.61. The third-order valence-corrected chi connectivity index (χ3v) is 4.40. The Labute approximate surface area is 103 Å². The third kappa shape index (κ3) is 1.85. The van der Waals surface area contributed by atoms with Crippen molar-refractivity contribution in [3.63, 3.8) is 0 Å². The summed E-state index contributed by atoms with van der Waals surface area (Å²) in [6, 6.07) is 7.54. The maximum Gasteiger partial charge on any atom is 0.0497 e. The fourth-order valence-electron chi connectivity index (χ4n) is 2.91. The molecule has 1 heterocycles. The summed E-state index contributed by atoms with van der Waals surface area (Å²) in [5.41, 5.74) is 4.20. The summed E-state index contributed by atoms with van der Waals surface area (Å²) in [5.74, 6) is 0.254. The van der Waals surface area contributed by atoms with Gasteiger partial charge in [0.1, 0.15) is 0 Å². The summed E-state index contributed by atoms with van der Waals surface area (Å²) in [7, 11) is 0. The van der Waals surface area contributed by atoms with Crippen LogP contribution in [0, 0.1) is 0 Å². The molecule has 1 fully saturated rings. The van der Waals surface area contributed by atoms with Crippen LogP contribution in [-0.2, 0) is 6.42 Å². The van der Waals surface area contributed by atoms with E-state index in [0.29, 0.717) is 0 Å². The summed E-state index contributed by atoms with van der Waals surface area (Å²) < 4.78 is 0. The molecule has 0 bridgehead atoms. The van der Waals surface area contributed by atoms with Crippen molar-refractivity contribution in [2.24, 2.45) is 0 Å². The van der Waals surface area contributed by atoms with Gasteiger partial charge in [-0.2, -0.15) is 0 Å². The zero-order chi connectivity index (χ0) is 11.8. The number of aliphatic hydroxyl groups excluding tert-OH is 1. The lowest BCUT2D eigenvalue weighted by Gasteiger charge is -2.37. The number of fused-ring (bicyclic) bond motifs is 1. The first kappa shape index (κ1) is 11.1. The van der Waals surface area contributed by atoms with Crippen LogP contribution < -0.4 is 4.90 Å². The van der Waals surface area contributed by atoms with Crippen molar-refractivity contribution in [3.05, 3.63) is 29.3 Å². The molecule has 92 valence electrons. The standard InChI is InChI=1S/C15H21NO/c1-11(10-17)13-6-5-12-7-8-16(15(12)9-13)14-3-2-4-14/h5-6,9,11,14,17H,2-4,7-8,10H2,1H3. The number of anilines is 1. The van der Waals surface area contributed by atoms with Crippen LogP contribution in [0.5, 0.6) is 0 Å². The van der Waals surface area contributed by atoms with Gasteiger partial charge < -0.3 is 10.0 Å². The van der Waals surface area contributed by atoms with E-state index in [4.69, 9.17) is 0 Å². The predicted molar refractivity (Wildman–Crippen MR) is 70.6 cm³/mol. The summed E-state index contributed by atoms with van der Waals surface area (Å²) in [6.07, 6.45) is 5.31. The Morgan fingerprint density at radius 1 is 1.41 bits per heavy atom. The maximum atomic E-state index is 9.26. The van der Waals surface area contributed by atoms with Gasteiger partial charge in [-0.15, -0.1) is 0 Å². The number of rotatable bonds is 3. The van der Waals surface area contributed by atoms with E-state index in [2.05, 4.69) is 30.0 Å². The molecule has 1 aromatic rings. The lowest BCUT2D eigenvalue weighted by atomic mass is 9.91. The van der Waals surface area contributed by atoms with E-state index < -0.39 is 0 Å². The minimum absolute atomic E-state index is 0.238. The molecule has 17 heavy (non-hydrogen) atoms. The summed E-state index contributed by atoms with van der Waals surface area (Å²) >= 11 is 0. The van der Waals surface area contributed by atoms with Gasteiger partial charge in [-0.25, -0.2) is 0 Å². The van der Waals surface area contributed by atoms with Crippen LogP contribution in [0.1, 0.15) is 43.2 Å². The van der Waals surface area contributed by atoms with Crippen molar-refractivity contribution in [2.75, 3.05) is 18.1 Å². The molecule has 0 aromatic heterocycles. The Hall–Kier alpha value is -1.02. The Kier molecular flexibility index (Phi) is 2.83. The number of hydrogen-bond acceptors (Lipinski definition) is 2. The molecule has 2 nitrogen and oxygen atoms in total. The Bertz CT molecular complexity index is 411. The van der Waals surface area contributed by atoms with Crippen LogP contribution in [0.3, 0.4) is 0 Å². The average Bonchev–Trinajstić information content (AvgIpc) is 2.69. The molecule has 1 atom stereocenters. The van der Waals surface area contributed by atoms with Gasteiger partial charge in [0.15, 0.2) is 0 Å². The van der Waals surface area contributed by atoms with E-state index in [9.17, 15) is 5.11 Å². The molecule has 1 N–H and O–H groups in total. The molecule has 1 aliphatic carbocycles. The highest BCUT2D eigenvalue weighted by atomic mass is 16.3. The fraction of sp³-hybridized carbons (Fsp3) is 0.600. The topological polar surface area (TPSA) is 23.5 Å². The molecule has 0 radical (unpaired) electrons. The lowest BCUT2D eigenvalue weighted by molar-refractivity contribution is 0.273. The normalized spacial score (nSPS) is 21.2. The first-order valence-corrected chi connectivity index (χ1v) is 6.80. The van der Waals surface area contributed by atoms with Gasteiger partial charge in [-0.3, -0.25) is 0 Å². The first-order valence-electron chi connectivity index (χ1n) is 6.80. The number of aliphatic hydroxyl groups is 1. The van der Waals surface area contributed by atoms with Crippen molar-refractivity contribution < 1.29 is 5.11 Å². The van der Waals surface area contributed by atoms with E-state index in [-0.39, 0.29) is 12.5 Å². The van der Waals surface area contributed by atoms with Crippen molar-refractivity contribution in [1.29, 1.82) is 0 Å². The molecular weight excluding hydrogens is 210 g/mol. The molecular formula is C15H21NO. The van der Waals surface area contributed by atoms with Gasteiger partial charge >= 0.3 is 0 Å². The number of nitrogens with zero attached hydrogens (tertiary/aromatic N) is 1. The Balaban J connectivity index is 1.89. The number of hydrogen-bond donors (Lipinski definition) is 1. The molecule has 2 heteroatoms. The zero-order valence-electron chi connectivity index (χ0n) is 10.5. The third-order valence-electron chi connectivity index (χ3n) is 4.40. The van der Waals surface area contributed by atoms with Crippen LogP contribution in [0.4, 0.5) is 5.69 Å². The molecule has 0 saturated heterocycles. The van der Waals surface area contributed by atoms with Gasteiger partial charge in [0.25, 0.3) is 0 Å². The molecule has 2 aliphatic rings. The first-order chi connectivity index (χ1) is 8.29. The molecule has 0 amide bonds. The second-order valence-electron chi connectivity index (χ2n) is 5.50. The zero-order valence-corrected chi connectivity index (χ0v) is 10.5. The fourth-order valence-corrected chi connectivity index (χ4v) is 2.91. The molecule has 0 spiro atoms. The largest absolute Gasteiger partial charge is 0.396 e. The van der Waals surface area contributed by atoms with Crippen LogP contribution in [-0.4, -0.2) is 24.3 Å². The van der Waals surface area contributed by atoms with E-state index >= 15 is 0 Å². The maximum absolute atomic E-state index is 9.26. The summed E-state index contributed by atoms with van der Waals surface area (Å²) in [5, 5.41) is 9.26. The Morgan fingerprint density at radius 3 is 2.88 bits per heavy atom. The van der Waals surface area contributed by atoms with Crippen molar-refractivity contribution >= 4 is 5.69 Å². The van der Waals surface area contributed by atoms with Gasteiger partial charge in [0, 0.05) is 30.8 Å². The smallest absolute Gasteiger partial charge is 0.0497 e. The second-order valence-corrected chi connectivity index (χ2v) is 5.50. The van der Waals surface area contributed by atoms with E-state index in [1.54, 1.807) is 0 Å². The molecule has 1 saturated carbocycles. The van der Waals surface area contributed by atoms with Gasteiger partial charge in [0.05, 0.1) is 0 Å². The lowest BCUT2D eigenvalue weighted by Crippen LogP contribution is -2.38. The second kappa shape index (κ2) is 4.34. The summed E-state index contributed by atoms with van der Waals surface area (Å²) in [4.78, 5) is 2.59. The van der Waals surface area contributed by atoms with Gasteiger partial charge in [0.2, 0.25) is 0 Å². The SMILES string of the molecule is CC(CO)c1ccc2c(c1)N(C1CCC1)CC2. The summed E-state index contributed by atoms with van der Waals surface area (Å²) in [6.45, 7) is 3.52. The van der Waals surface area contributed by atoms with E-state index in [0.717, 1.165) is 6.04 Å². The number of benzene rings is 1. The molecule has 1 aliphatic heterocycles. The average molecular weight is 231 g/mol. The van der Waals surface area contributed by atoms with Crippen LogP contribution in [0.25, 0.3) is 0 Å². The van der Waals surface area contributed by atoms with E-state index in [1.165, 1.54) is 49.0 Å². The van der Waals surface area contributed by atoms with Crippen LogP contribution in [0.2, 0.25) is 0 Å². The highest BCUT2D eigenvalue weighted by Crippen LogP contribution is 2.37. The monoisotopic (exact) mass is 231 g/mol.